The molecule has 86 valence electrons. The summed E-state index contributed by atoms with van der Waals surface area (Å²) in [5.74, 6) is 0. The maximum absolute atomic E-state index is 5.78. The summed E-state index contributed by atoms with van der Waals surface area (Å²) >= 11 is 7.26. The number of para-hydroxylation sites is 1. The fourth-order valence-electron chi connectivity index (χ4n) is 1.68. The number of hydrogen-bond donors (Lipinski definition) is 1. The van der Waals surface area contributed by atoms with Gasteiger partial charge in [0.2, 0.25) is 0 Å². The van der Waals surface area contributed by atoms with Crippen LogP contribution in [0.25, 0.3) is 11.0 Å². The van der Waals surface area contributed by atoms with E-state index in [2.05, 4.69) is 10.3 Å². The third kappa shape index (κ3) is 2.14. The second-order valence-electron chi connectivity index (χ2n) is 3.58. The first-order valence-electron chi connectivity index (χ1n) is 5.13. The first-order valence-corrected chi connectivity index (χ1v) is 6.33. The Labute approximate surface area is 107 Å². The van der Waals surface area contributed by atoms with Crippen LogP contribution < -0.4 is 5.32 Å². The molecule has 0 atom stereocenters. The van der Waals surface area contributed by atoms with Crippen molar-refractivity contribution in [3.05, 3.63) is 46.1 Å². The van der Waals surface area contributed by atoms with E-state index in [4.69, 9.17) is 16.0 Å². The Kier molecular flexibility index (Phi) is 2.74. The Morgan fingerprint density at radius 2 is 2.29 bits per heavy atom. The van der Waals surface area contributed by atoms with Crippen molar-refractivity contribution in [2.75, 3.05) is 5.32 Å². The number of fused-ring (bicyclic) bond motifs is 1. The Bertz CT molecular complexity index is 647. The van der Waals surface area contributed by atoms with E-state index in [1.54, 1.807) is 12.5 Å². The number of nitrogens with zero attached hydrogens (tertiary/aromatic N) is 1. The molecule has 0 saturated carbocycles. The van der Waals surface area contributed by atoms with Crippen molar-refractivity contribution in [3.63, 3.8) is 0 Å². The van der Waals surface area contributed by atoms with Crippen LogP contribution in [0.4, 0.5) is 5.69 Å². The summed E-state index contributed by atoms with van der Waals surface area (Å²) < 4.78 is 6.01. The molecule has 0 unspecified atom stereocenters. The Hall–Kier alpha value is -1.52. The van der Waals surface area contributed by atoms with Gasteiger partial charge in [0.15, 0.2) is 10.0 Å². The van der Waals surface area contributed by atoms with Gasteiger partial charge in [0.1, 0.15) is 0 Å². The number of hydrogen-bond acceptors (Lipinski definition) is 4. The summed E-state index contributed by atoms with van der Waals surface area (Å²) in [4.78, 5) is 5.10. The van der Waals surface area contributed by atoms with E-state index in [0.717, 1.165) is 21.5 Å². The van der Waals surface area contributed by atoms with E-state index in [0.29, 0.717) is 11.0 Å². The first kappa shape index (κ1) is 10.6. The summed E-state index contributed by atoms with van der Waals surface area (Å²) in [6.07, 6.45) is 3.47. The highest BCUT2D eigenvalue weighted by Crippen LogP contribution is 2.25. The molecular formula is C12H9ClN2OS. The Morgan fingerprint density at radius 3 is 3.12 bits per heavy atom. The van der Waals surface area contributed by atoms with Gasteiger partial charge >= 0.3 is 0 Å². The molecule has 0 aliphatic carbocycles. The molecule has 0 bridgehead atoms. The molecule has 0 spiro atoms. The summed E-state index contributed by atoms with van der Waals surface area (Å²) in [5.41, 5.74) is 1.86. The van der Waals surface area contributed by atoms with Crippen LogP contribution in [-0.2, 0) is 6.54 Å². The molecule has 2 aromatic heterocycles. The third-order valence-electron chi connectivity index (χ3n) is 2.46. The molecule has 0 aliphatic rings. The summed E-state index contributed by atoms with van der Waals surface area (Å²) in [5, 5.41) is 4.42. The topological polar surface area (TPSA) is 38.1 Å². The lowest BCUT2D eigenvalue weighted by atomic mass is 10.2. The normalized spacial score (nSPS) is 10.9. The maximum Gasteiger partial charge on any atom is 0.183 e. The van der Waals surface area contributed by atoms with Crippen LogP contribution in [-0.4, -0.2) is 4.98 Å². The van der Waals surface area contributed by atoms with E-state index < -0.39 is 0 Å². The lowest BCUT2D eigenvalue weighted by Crippen LogP contribution is -1.97. The van der Waals surface area contributed by atoms with Gasteiger partial charge < -0.3 is 9.73 Å². The lowest BCUT2D eigenvalue weighted by molar-refractivity contribution is 0.616. The molecule has 0 amide bonds. The zero-order valence-corrected chi connectivity index (χ0v) is 10.4. The number of rotatable bonds is 3. The molecular weight excluding hydrogens is 256 g/mol. The number of aromatic nitrogens is 1. The van der Waals surface area contributed by atoms with E-state index >= 15 is 0 Å². The van der Waals surface area contributed by atoms with Gasteiger partial charge in [-0.1, -0.05) is 23.7 Å². The average Bonchev–Trinajstić information content (AvgIpc) is 2.94. The number of anilines is 1. The van der Waals surface area contributed by atoms with Crippen molar-refractivity contribution in [1.29, 1.82) is 0 Å². The predicted molar refractivity (Wildman–Crippen MR) is 70.7 cm³/mol. The van der Waals surface area contributed by atoms with Crippen LogP contribution in [0.1, 0.15) is 4.88 Å². The predicted octanol–water partition coefficient (Wildman–Crippen LogP) is 4.15. The molecule has 5 heteroatoms. The van der Waals surface area contributed by atoms with Crippen LogP contribution in [0.3, 0.4) is 0 Å². The Balaban J connectivity index is 1.83. The first-order chi connectivity index (χ1) is 8.33. The SMILES string of the molecule is Clc1ncc(CNc2cccc3ccoc23)s1. The number of thiazole rings is 1. The fraction of sp³-hybridized carbons (Fsp3) is 0.0833. The second kappa shape index (κ2) is 4.39. The van der Waals surface area contributed by atoms with Crippen LogP contribution >= 0.6 is 22.9 Å². The Morgan fingerprint density at radius 1 is 1.35 bits per heavy atom. The van der Waals surface area contributed by atoms with Crippen molar-refractivity contribution < 1.29 is 4.42 Å². The van der Waals surface area contributed by atoms with Crippen LogP contribution in [0.2, 0.25) is 4.47 Å². The summed E-state index contributed by atoms with van der Waals surface area (Å²) in [6.45, 7) is 0.699. The van der Waals surface area contributed by atoms with Gasteiger partial charge in [-0.05, 0) is 12.1 Å². The van der Waals surface area contributed by atoms with Gasteiger partial charge in [0.05, 0.1) is 18.5 Å². The highest BCUT2D eigenvalue weighted by Gasteiger charge is 2.04. The smallest absolute Gasteiger partial charge is 0.183 e. The van der Waals surface area contributed by atoms with Crippen molar-refractivity contribution in [1.82, 2.24) is 4.98 Å². The summed E-state index contributed by atoms with van der Waals surface area (Å²) in [6, 6.07) is 7.96. The molecule has 3 rings (SSSR count). The zero-order valence-electron chi connectivity index (χ0n) is 8.81. The highest BCUT2D eigenvalue weighted by molar-refractivity contribution is 7.15. The van der Waals surface area contributed by atoms with E-state index in [-0.39, 0.29) is 0 Å². The molecule has 1 aromatic carbocycles. The largest absolute Gasteiger partial charge is 0.462 e. The number of benzene rings is 1. The molecule has 1 N–H and O–H groups in total. The average molecular weight is 265 g/mol. The monoisotopic (exact) mass is 264 g/mol. The second-order valence-corrected chi connectivity index (χ2v) is 5.27. The molecule has 0 radical (unpaired) electrons. The number of halogens is 1. The van der Waals surface area contributed by atoms with Crippen LogP contribution in [0, 0.1) is 0 Å². The standard InChI is InChI=1S/C12H9ClN2OS/c13-12-15-7-9(17-12)6-14-10-3-1-2-8-4-5-16-11(8)10/h1-5,7,14H,6H2. The van der Waals surface area contributed by atoms with E-state index in [1.807, 2.05) is 24.3 Å². The third-order valence-corrected chi connectivity index (χ3v) is 3.57. The molecule has 0 saturated heterocycles. The van der Waals surface area contributed by atoms with E-state index in [9.17, 15) is 0 Å². The number of nitrogens with one attached hydrogen (secondary N) is 1. The highest BCUT2D eigenvalue weighted by atomic mass is 35.5. The molecule has 3 aromatic rings. The van der Waals surface area contributed by atoms with Crippen molar-refractivity contribution in [3.8, 4) is 0 Å². The van der Waals surface area contributed by atoms with Gasteiger partial charge in [0, 0.05) is 16.5 Å². The van der Waals surface area contributed by atoms with Gasteiger partial charge in [-0.15, -0.1) is 11.3 Å². The maximum atomic E-state index is 5.78. The van der Waals surface area contributed by atoms with Crippen molar-refractivity contribution >= 4 is 39.6 Å². The molecule has 17 heavy (non-hydrogen) atoms. The van der Waals surface area contributed by atoms with Crippen LogP contribution in [0.5, 0.6) is 0 Å². The van der Waals surface area contributed by atoms with Crippen LogP contribution in [0.15, 0.2) is 41.1 Å². The molecule has 3 nitrogen and oxygen atoms in total. The quantitative estimate of drug-likeness (QED) is 0.772. The minimum absolute atomic E-state index is 0.568. The molecule has 2 heterocycles. The van der Waals surface area contributed by atoms with Gasteiger partial charge in [0.25, 0.3) is 0 Å². The lowest BCUT2D eigenvalue weighted by Gasteiger charge is -2.04. The van der Waals surface area contributed by atoms with Crippen molar-refractivity contribution in [2.24, 2.45) is 0 Å². The van der Waals surface area contributed by atoms with E-state index in [1.165, 1.54) is 11.3 Å². The molecule has 0 fully saturated rings. The minimum Gasteiger partial charge on any atom is -0.462 e. The van der Waals surface area contributed by atoms with Gasteiger partial charge in [-0.2, -0.15) is 0 Å². The molecule has 0 aliphatic heterocycles. The van der Waals surface area contributed by atoms with Crippen molar-refractivity contribution in [2.45, 2.75) is 6.54 Å². The fourth-order valence-corrected chi connectivity index (χ4v) is 2.60. The minimum atomic E-state index is 0.568. The zero-order chi connectivity index (χ0) is 11.7. The summed E-state index contributed by atoms with van der Waals surface area (Å²) in [7, 11) is 0. The van der Waals surface area contributed by atoms with Gasteiger partial charge in [-0.3, -0.25) is 0 Å². The van der Waals surface area contributed by atoms with Gasteiger partial charge in [-0.25, -0.2) is 4.98 Å². The number of furan rings is 1.